The molecule has 0 bridgehead atoms. The standard InChI is InChI=1S/C27H30F2N3O6P/c1-18(30-24(33)13-10-19-8-11-22(12-9-19)27(28,29)39(36,37)38)25(34)32-15-4-7-23(32)26(35)31-16-14-20-5-2-3-6-21(20)17-31/h2-3,5-6,8-13,18,23H,4,7,14-17H2,1H3,(H,30,33)(H2,36,37,38)/b13-10+/t18?,23-/m0/s1. The Morgan fingerprint density at radius 1 is 1.08 bits per heavy atom. The predicted octanol–water partition coefficient (Wildman–Crippen LogP) is 3.01. The van der Waals surface area contributed by atoms with Crippen molar-refractivity contribution >= 4 is 31.4 Å². The van der Waals surface area contributed by atoms with Crippen molar-refractivity contribution in [2.24, 2.45) is 0 Å². The van der Waals surface area contributed by atoms with E-state index >= 15 is 0 Å². The van der Waals surface area contributed by atoms with Crippen LogP contribution in [0.4, 0.5) is 8.78 Å². The van der Waals surface area contributed by atoms with Crippen molar-refractivity contribution < 1.29 is 37.5 Å². The molecule has 0 saturated carbocycles. The molecule has 9 nitrogen and oxygen atoms in total. The molecule has 12 heteroatoms. The Bertz CT molecular complexity index is 1330. The maximum Gasteiger partial charge on any atom is 0.399 e. The topological polar surface area (TPSA) is 127 Å². The van der Waals surface area contributed by atoms with E-state index in [1.807, 2.05) is 18.2 Å². The van der Waals surface area contributed by atoms with Gasteiger partial charge in [-0.3, -0.25) is 18.9 Å². The first-order valence-electron chi connectivity index (χ1n) is 12.6. The van der Waals surface area contributed by atoms with Gasteiger partial charge in [0.2, 0.25) is 17.7 Å². The Hall–Kier alpha value is -3.40. The van der Waals surface area contributed by atoms with Gasteiger partial charge in [-0.1, -0.05) is 48.5 Å². The molecule has 2 aromatic carbocycles. The number of nitrogens with zero attached hydrogens (tertiary/aromatic N) is 2. The molecule has 3 N–H and O–H groups in total. The normalized spacial score (nSPS) is 18.6. The van der Waals surface area contributed by atoms with Crippen LogP contribution in [0.2, 0.25) is 0 Å². The zero-order valence-corrected chi connectivity index (χ0v) is 22.2. The van der Waals surface area contributed by atoms with Gasteiger partial charge in [-0.15, -0.1) is 0 Å². The smallest absolute Gasteiger partial charge is 0.341 e. The summed E-state index contributed by atoms with van der Waals surface area (Å²) < 4.78 is 38.6. The van der Waals surface area contributed by atoms with Gasteiger partial charge >= 0.3 is 13.3 Å². The Balaban J connectivity index is 1.34. The third-order valence-corrected chi connectivity index (χ3v) is 8.03. The lowest BCUT2D eigenvalue weighted by Crippen LogP contribution is -2.53. The Morgan fingerprint density at radius 2 is 1.74 bits per heavy atom. The van der Waals surface area contributed by atoms with Crippen molar-refractivity contribution in [3.05, 3.63) is 76.9 Å². The fraction of sp³-hybridized carbons (Fsp3) is 0.370. The first-order chi connectivity index (χ1) is 18.4. The average Bonchev–Trinajstić information content (AvgIpc) is 3.40. The molecule has 0 radical (unpaired) electrons. The molecule has 208 valence electrons. The van der Waals surface area contributed by atoms with Crippen LogP contribution >= 0.6 is 7.60 Å². The number of rotatable bonds is 7. The van der Waals surface area contributed by atoms with Crippen LogP contribution < -0.4 is 5.32 Å². The minimum Gasteiger partial charge on any atom is -0.341 e. The summed E-state index contributed by atoms with van der Waals surface area (Å²) in [6.45, 7) is 3.04. The van der Waals surface area contributed by atoms with Crippen LogP contribution in [-0.2, 0) is 37.6 Å². The van der Waals surface area contributed by atoms with Crippen LogP contribution in [0.5, 0.6) is 0 Å². The molecule has 0 aliphatic carbocycles. The molecular formula is C27H30F2N3O6P. The minimum atomic E-state index is -5.68. The molecule has 1 saturated heterocycles. The number of hydrogen-bond acceptors (Lipinski definition) is 4. The van der Waals surface area contributed by atoms with Gasteiger partial charge in [0.15, 0.2) is 0 Å². The van der Waals surface area contributed by atoms with Crippen LogP contribution in [0.15, 0.2) is 54.6 Å². The number of likely N-dealkylation sites (tertiary alicyclic amines) is 1. The third kappa shape index (κ3) is 6.27. The van der Waals surface area contributed by atoms with E-state index in [9.17, 15) is 27.7 Å². The fourth-order valence-electron chi connectivity index (χ4n) is 4.89. The first kappa shape index (κ1) is 28.6. The summed E-state index contributed by atoms with van der Waals surface area (Å²) in [5.74, 6) is -1.06. The highest BCUT2D eigenvalue weighted by Gasteiger charge is 2.50. The molecule has 3 amide bonds. The molecular weight excluding hydrogens is 531 g/mol. The Morgan fingerprint density at radius 3 is 2.41 bits per heavy atom. The number of carbonyl (C=O) groups is 3. The van der Waals surface area contributed by atoms with Gasteiger partial charge in [-0.25, -0.2) is 0 Å². The summed E-state index contributed by atoms with van der Waals surface area (Å²) in [6.07, 6.45) is 4.45. The number of hydrogen-bond donors (Lipinski definition) is 3. The molecule has 4 rings (SSSR count). The average molecular weight is 562 g/mol. The third-order valence-electron chi connectivity index (χ3n) is 7.04. The Labute approximate surface area is 224 Å². The maximum atomic E-state index is 13.8. The largest absolute Gasteiger partial charge is 0.399 e. The van der Waals surface area contributed by atoms with Gasteiger partial charge in [0.1, 0.15) is 12.1 Å². The number of nitrogens with one attached hydrogen (secondary N) is 1. The van der Waals surface area contributed by atoms with Crippen LogP contribution in [0.25, 0.3) is 6.08 Å². The first-order valence-corrected chi connectivity index (χ1v) is 14.2. The highest BCUT2D eigenvalue weighted by Crippen LogP contribution is 2.59. The summed E-state index contributed by atoms with van der Waals surface area (Å²) in [7, 11) is -5.68. The van der Waals surface area contributed by atoms with Crippen LogP contribution in [0.1, 0.15) is 42.0 Å². The molecule has 2 aromatic rings. The van der Waals surface area contributed by atoms with Gasteiger partial charge < -0.3 is 24.9 Å². The van der Waals surface area contributed by atoms with Crippen LogP contribution in [0.3, 0.4) is 0 Å². The maximum absolute atomic E-state index is 13.8. The highest BCUT2D eigenvalue weighted by molar-refractivity contribution is 7.52. The number of amides is 3. The molecule has 0 spiro atoms. The molecule has 2 aliphatic rings. The molecule has 39 heavy (non-hydrogen) atoms. The quantitative estimate of drug-likeness (QED) is 0.353. The monoisotopic (exact) mass is 561 g/mol. The molecule has 2 aliphatic heterocycles. The van der Waals surface area contributed by atoms with Crippen molar-refractivity contribution in [2.45, 2.75) is 50.5 Å². The second-order valence-electron chi connectivity index (χ2n) is 9.74. The SMILES string of the molecule is CC(NC(=O)/C=C/c1ccc(C(F)(F)P(=O)(O)O)cc1)C(=O)N1CCC[C@H]1C(=O)N1CCc2ccccc2C1. The number of alkyl halides is 2. The minimum absolute atomic E-state index is 0.0958. The van der Waals surface area contributed by atoms with Crippen molar-refractivity contribution in [1.82, 2.24) is 15.1 Å². The van der Waals surface area contributed by atoms with E-state index in [-0.39, 0.29) is 11.8 Å². The summed E-state index contributed by atoms with van der Waals surface area (Å²) >= 11 is 0. The van der Waals surface area contributed by atoms with Gasteiger partial charge in [0.05, 0.1) is 0 Å². The van der Waals surface area contributed by atoms with E-state index in [1.54, 1.807) is 4.90 Å². The number of halogens is 2. The number of fused-ring (bicyclic) bond motifs is 1. The lowest BCUT2D eigenvalue weighted by atomic mass is 9.99. The fourth-order valence-corrected chi connectivity index (χ4v) is 5.37. The zero-order valence-electron chi connectivity index (χ0n) is 21.3. The Kier molecular flexibility index (Phi) is 8.34. The van der Waals surface area contributed by atoms with E-state index < -0.39 is 36.8 Å². The van der Waals surface area contributed by atoms with Gasteiger partial charge in [0, 0.05) is 31.3 Å². The van der Waals surface area contributed by atoms with Crippen molar-refractivity contribution in [3.63, 3.8) is 0 Å². The van der Waals surface area contributed by atoms with E-state index in [0.29, 0.717) is 38.0 Å². The zero-order chi connectivity index (χ0) is 28.4. The van der Waals surface area contributed by atoms with Gasteiger partial charge in [-0.2, -0.15) is 8.78 Å². The highest BCUT2D eigenvalue weighted by atomic mass is 31.2. The molecule has 1 unspecified atom stereocenters. The number of benzene rings is 2. The molecule has 1 fully saturated rings. The summed E-state index contributed by atoms with van der Waals surface area (Å²) in [4.78, 5) is 59.9. The van der Waals surface area contributed by atoms with Gasteiger partial charge in [-0.05, 0) is 49.0 Å². The molecule has 2 atom stereocenters. The second-order valence-corrected chi connectivity index (χ2v) is 11.4. The van der Waals surface area contributed by atoms with E-state index in [4.69, 9.17) is 9.79 Å². The van der Waals surface area contributed by atoms with E-state index in [0.717, 1.165) is 30.2 Å². The van der Waals surface area contributed by atoms with Crippen molar-refractivity contribution in [1.29, 1.82) is 0 Å². The van der Waals surface area contributed by atoms with Gasteiger partial charge in [0.25, 0.3) is 0 Å². The summed E-state index contributed by atoms with van der Waals surface area (Å²) in [6, 6.07) is 10.6. The predicted molar refractivity (Wildman–Crippen MR) is 139 cm³/mol. The summed E-state index contributed by atoms with van der Waals surface area (Å²) in [5, 5.41) is 2.57. The van der Waals surface area contributed by atoms with Crippen molar-refractivity contribution in [3.8, 4) is 0 Å². The second kappa shape index (κ2) is 11.4. The lowest BCUT2D eigenvalue weighted by Gasteiger charge is -2.34. The summed E-state index contributed by atoms with van der Waals surface area (Å²) in [5.41, 5.74) is -2.51. The lowest BCUT2D eigenvalue weighted by molar-refractivity contribution is -0.145. The van der Waals surface area contributed by atoms with E-state index in [2.05, 4.69) is 11.4 Å². The molecule has 0 aromatic heterocycles. The molecule has 2 heterocycles. The van der Waals surface area contributed by atoms with Crippen LogP contribution in [0, 0.1) is 0 Å². The van der Waals surface area contributed by atoms with Crippen molar-refractivity contribution in [2.75, 3.05) is 13.1 Å². The van der Waals surface area contributed by atoms with E-state index in [1.165, 1.54) is 35.6 Å². The van der Waals surface area contributed by atoms with Crippen LogP contribution in [-0.4, -0.2) is 62.5 Å². The number of carbonyl (C=O) groups excluding carboxylic acids is 3.